The van der Waals surface area contributed by atoms with E-state index in [0.29, 0.717) is 32.0 Å². The van der Waals surface area contributed by atoms with Crippen molar-refractivity contribution in [3.8, 4) is 5.75 Å². The molecule has 0 unspecified atom stereocenters. The molecule has 0 aromatic heterocycles. The molecule has 0 heterocycles. The number of halogens is 2. The predicted octanol–water partition coefficient (Wildman–Crippen LogP) is 2.21. The minimum atomic E-state index is -2.83. The van der Waals surface area contributed by atoms with Crippen LogP contribution >= 0.6 is 0 Å². The van der Waals surface area contributed by atoms with Gasteiger partial charge in [0.05, 0.1) is 0 Å². The lowest BCUT2D eigenvalue weighted by atomic mass is 10.2. The summed E-state index contributed by atoms with van der Waals surface area (Å²) >= 11 is 0. The molecule has 0 saturated heterocycles. The molecule has 25 heavy (non-hydrogen) atoms. The van der Waals surface area contributed by atoms with Crippen molar-refractivity contribution in [3.05, 3.63) is 29.8 Å². The SMILES string of the molecule is CCCNC(=O)CCNC(=NC)N(C)Cc1ccc(OC(F)F)cc1. The van der Waals surface area contributed by atoms with Crippen molar-refractivity contribution in [1.82, 2.24) is 15.5 Å². The second kappa shape index (κ2) is 11.2. The lowest BCUT2D eigenvalue weighted by molar-refractivity contribution is -0.120. The van der Waals surface area contributed by atoms with E-state index in [4.69, 9.17) is 0 Å². The number of hydrogen-bond donors (Lipinski definition) is 2. The molecule has 140 valence electrons. The molecule has 0 fully saturated rings. The van der Waals surface area contributed by atoms with E-state index in [1.807, 2.05) is 18.9 Å². The van der Waals surface area contributed by atoms with Gasteiger partial charge in [0, 0.05) is 40.2 Å². The van der Waals surface area contributed by atoms with E-state index in [2.05, 4.69) is 20.4 Å². The van der Waals surface area contributed by atoms with E-state index < -0.39 is 6.61 Å². The van der Waals surface area contributed by atoms with Gasteiger partial charge in [0.25, 0.3) is 0 Å². The Bertz CT molecular complexity index is 550. The van der Waals surface area contributed by atoms with Crippen LogP contribution in [0.2, 0.25) is 0 Å². The van der Waals surface area contributed by atoms with Gasteiger partial charge < -0.3 is 20.3 Å². The summed E-state index contributed by atoms with van der Waals surface area (Å²) in [6.07, 6.45) is 1.28. The zero-order chi connectivity index (χ0) is 18.7. The summed E-state index contributed by atoms with van der Waals surface area (Å²) in [5.74, 6) is 0.778. The summed E-state index contributed by atoms with van der Waals surface area (Å²) < 4.78 is 28.6. The van der Waals surface area contributed by atoms with Crippen LogP contribution in [0.4, 0.5) is 8.78 Å². The van der Waals surface area contributed by atoms with Crippen molar-refractivity contribution >= 4 is 11.9 Å². The number of aliphatic imine (C=N–C) groups is 1. The highest BCUT2D eigenvalue weighted by Gasteiger charge is 2.09. The molecule has 2 N–H and O–H groups in total. The Labute approximate surface area is 147 Å². The summed E-state index contributed by atoms with van der Waals surface area (Å²) in [6, 6.07) is 6.45. The monoisotopic (exact) mass is 356 g/mol. The van der Waals surface area contributed by atoms with Crippen LogP contribution in [-0.4, -0.2) is 50.6 Å². The smallest absolute Gasteiger partial charge is 0.387 e. The van der Waals surface area contributed by atoms with Gasteiger partial charge in [-0.3, -0.25) is 9.79 Å². The zero-order valence-corrected chi connectivity index (χ0v) is 14.9. The van der Waals surface area contributed by atoms with Gasteiger partial charge >= 0.3 is 6.61 Å². The third-order valence-electron chi connectivity index (χ3n) is 3.35. The van der Waals surface area contributed by atoms with Crippen LogP contribution in [0.25, 0.3) is 0 Å². The van der Waals surface area contributed by atoms with Crippen LogP contribution in [0.15, 0.2) is 29.3 Å². The lowest BCUT2D eigenvalue weighted by Gasteiger charge is -2.22. The molecule has 1 aromatic carbocycles. The molecule has 1 aromatic rings. The number of nitrogens with one attached hydrogen (secondary N) is 2. The fourth-order valence-corrected chi connectivity index (χ4v) is 2.15. The summed E-state index contributed by atoms with van der Waals surface area (Å²) in [4.78, 5) is 17.6. The van der Waals surface area contributed by atoms with Crippen molar-refractivity contribution in [1.29, 1.82) is 0 Å². The van der Waals surface area contributed by atoms with Gasteiger partial charge in [0.1, 0.15) is 5.75 Å². The Balaban J connectivity index is 2.45. The highest BCUT2D eigenvalue weighted by atomic mass is 19.3. The number of nitrogens with zero attached hydrogens (tertiary/aromatic N) is 2. The highest BCUT2D eigenvalue weighted by Crippen LogP contribution is 2.15. The molecule has 0 spiro atoms. The van der Waals surface area contributed by atoms with Gasteiger partial charge in [-0.05, 0) is 24.1 Å². The van der Waals surface area contributed by atoms with E-state index >= 15 is 0 Å². The van der Waals surface area contributed by atoms with Crippen molar-refractivity contribution in [2.24, 2.45) is 4.99 Å². The number of carbonyl (C=O) groups excluding carboxylic acids is 1. The molecule has 6 nitrogen and oxygen atoms in total. The van der Waals surface area contributed by atoms with Gasteiger partial charge in [-0.2, -0.15) is 8.78 Å². The van der Waals surface area contributed by atoms with Crippen molar-refractivity contribution in [3.63, 3.8) is 0 Å². The standard InChI is InChI=1S/C17H26F2N4O2/c1-4-10-21-15(24)9-11-22-17(20-2)23(3)12-13-5-7-14(8-6-13)25-16(18)19/h5-8,16H,4,9-12H2,1-3H3,(H,20,22)(H,21,24). The number of carbonyl (C=O) groups is 1. The van der Waals surface area contributed by atoms with Gasteiger partial charge in [0.2, 0.25) is 5.91 Å². The minimum Gasteiger partial charge on any atom is -0.435 e. The summed E-state index contributed by atoms with van der Waals surface area (Å²) in [7, 11) is 3.52. The van der Waals surface area contributed by atoms with Gasteiger partial charge in [-0.15, -0.1) is 0 Å². The first-order valence-electron chi connectivity index (χ1n) is 8.18. The fourth-order valence-electron chi connectivity index (χ4n) is 2.15. The van der Waals surface area contributed by atoms with Gasteiger partial charge in [0.15, 0.2) is 5.96 Å². The molecule has 0 aliphatic rings. The first-order valence-corrected chi connectivity index (χ1v) is 8.18. The Morgan fingerprint density at radius 2 is 1.92 bits per heavy atom. The molecule has 0 atom stereocenters. The maximum Gasteiger partial charge on any atom is 0.387 e. The third-order valence-corrected chi connectivity index (χ3v) is 3.35. The number of guanidine groups is 1. The maximum absolute atomic E-state index is 12.1. The van der Waals surface area contributed by atoms with E-state index in [1.54, 1.807) is 19.2 Å². The number of ether oxygens (including phenoxy) is 1. The molecule has 0 radical (unpaired) electrons. The molecule has 0 aliphatic heterocycles. The number of hydrogen-bond acceptors (Lipinski definition) is 3. The van der Waals surface area contributed by atoms with Gasteiger partial charge in [-0.25, -0.2) is 0 Å². The number of amides is 1. The Morgan fingerprint density at radius 1 is 1.24 bits per heavy atom. The Morgan fingerprint density at radius 3 is 2.48 bits per heavy atom. The topological polar surface area (TPSA) is 66.0 Å². The van der Waals surface area contributed by atoms with Crippen LogP contribution in [-0.2, 0) is 11.3 Å². The van der Waals surface area contributed by atoms with Crippen molar-refractivity contribution in [2.75, 3.05) is 27.2 Å². The second-order valence-corrected chi connectivity index (χ2v) is 5.45. The van der Waals surface area contributed by atoms with Crippen LogP contribution in [0, 0.1) is 0 Å². The van der Waals surface area contributed by atoms with Crippen LogP contribution < -0.4 is 15.4 Å². The summed E-state index contributed by atoms with van der Waals surface area (Å²) in [5, 5.41) is 5.94. The Hall–Kier alpha value is -2.38. The first kappa shape index (κ1) is 20.7. The molecule has 0 bridgehead atoms. The van der Waals surface area contributed by atoms with E-state index in [0.717, 1.165) is 12.0 Å². The highest BCUT2D eigenvalue weighted by molar-refractivity contribution is 5.81. The van der Waals surface area contributed by atoms with Crippen molar-refractivity contribution in [2.45, 2.75) is 32.9 Å². The van der Waals surface area contributed by atoms with Crippen LogP contribution in [0.5, 0.6) is 5.75 Å². The van der Waals surface area contributed by atoms with Crippen LogP contribution in [0.1, 0.15) is 25.3 Å². The normalized spacial score (nSPS) is 11.4. The third kappa shape index (κ3) is 8.32. The largest absolute Gasteiger partial charge is 0.435 e. The van der Waals surface area contributed by atoms with Gasteiger partial charge in [-0.1, -0.05) is 19.1 Å². The second-order valence-electron chi connectivity index (χ2n) is 5.45. The number of alkyl halides is 2. The van der Waals surface area contributed by atoms with E-state index in [-0.39, 0.29) is 11.7 Å². The van der Waals surface area contributed by atoms with Crippen LogP contribution in [0.3, 0.4) is 0 Å². The molecule has 1 rings (SSSR count). The molecule has 8 heteroatoms. The molecular weight excluding hydrogens is 330 g/mol. The fraction of sp³-hybridized carbons (Fsp3) is 0.529. The Kier molecular flexibility index (Phi) is 9.28. The number of benzene rings is 1. The van der Waals surface area contributed by atoms with Crippen molar-refractivity contribution < 1.29 is 18.3 Å². The molecular formula is C17H26F2N4O2. The summed E-state index contributed by atoms with van der Waals surface area (Å²) in [5.41, 5.74) is 0.924. The predicted molar refractivity (Wildman–Crippen MR) is 93.8 cm³/mol. The zero-order valence-electron chi connectivity index (χ0n) is 14.9. The molecule has 1 amide bonds. The average molecular weight is 356 g/mol. The first-order chi connectivity index (χ1) is 12.0. The van der Waals surface area contributed by atoms with E-state index in [1.165, 1.54) is 12.1 Å². The molecule has 0 aliphatic carbocycles. The lowest BCUT2D eigenvalue weighted by Crippen LogP contribution is -2.40. The summed E-state index contributed by atoms with van der Waals surface area (Å²) in [6.45, 7) is 0.871. The maximum atomic E-state index is 12.1. The quantitative estimate of drug-likeness (QED) is 0.526. The number of rotatable bonds is 9. The minimum absolute atomic E-state index is 0.00192. The average Bonchev–Trinajstić information content (AvgIpc) is 2.58. The van der Waals surface area contributed by atoms with E-state index in [9.17, 15) is 13.6 Å². The molecule has 0 saturated carbocycles.